The zero-order valence-corrected chi connectivity index (χ0v) is 16.4. The van der Waals surface area contributed by atoms with Gasteiger partial charge in [-0.2, -0.15) is 10.1 Å². The van der Waals surface area contributed by atoms with Crippen molar-refractivity contribution < 1.29 is 9.72 Å². The molecule has 1 aromatic rings. The number of non-ortho nitro benzene ring substituents is 1. The largest absolute Gasteiger partial charge is 0.293 e. The molecular weight excluding hydrogens is 344 g/mol. The summed E-state index contributed by atoms with van der Waals surface area (Å²) in [6, 6.07) is 5.83. The molecule has 0 saturated heterocycles. The van der Waals surface area contributed by atoms with Gasteiger partial charge in [-0.3, -0.25) is 19.9 Å². The van der Waals surface area contributed by atoms with Crippen LogP contribution in [0.3, 0.4) is 0 Å². The van der Waals surface area contributed by atoms with Gasteiger partial charge in [-0.15, -0.1) is 0 Å². The molecule has 146 valence electrons. The topological polar surface area (TPSA) is 88.2 Å². The van der Waals surface area contributed by atoms with Gasteiger partial charge in [-0.1, -0.05) is 39.0 Å². The smallest absolute Gasteiger partial charge is 0.269 e. The minimum atomic E-state index is -0.466. The van der Waals surface area contributed by atoms with Gasteiger partial charge >= 0.3 is 0 Å². The van der Waals surface area contributed by atoms with Gasteiger partial charge in [0.05, 0.1) is 16.3 Å². The van der Waals surface area contributed by atoms with Crippen molar-refractivity contribution in [3.63, 3.8) is 0 Å². The molecular formula is C20H28N4O3. The van der Waals surface area contributed by atoms with Crippen molar-refractivity contribution in [2.45, 2.75) is 59.3 Å². The minimum absolute atomic E-state index is 0.0145. The third-order valence-corrected chi connectivity index (χ3v) is 4.73. The number of nitrogens with zero attached hydrogens (tertiary/aromatic N) is 4. The van der Waals surface area contributed by atoms with Crippen molar-refractivity contribution in [1.82, 2.24) is 0 Å². The monoisotopic (exact) mass is 372 g/mol. The quantitative estimate of drug-likeness (QED) is 0.257. The van der Waals surface area contributed by atoms with Gasteiger partial charge in [0.15, 0.2) is 0 Å². The molecule has 0 aliphatic carbocycles. The highest BCUT2D eigenvalue weighted by Crippen LogP contribution is 2.26. The summed E-state index contributed by atoms with van der Waals surface area (Å²) in [6.45, 7) is 6.62. The second-order valence-electron chi connectivity index (χ2n) is 6.89. The number of carbonyl (C=O) groups is 1. The molecule has 1 aliphatic heterocycles. The van der Waals surface area contributed by atoms with E-state index in [1.165, 1.54) is 55.0 Å². The van der Waals surface area contributed by atoms with Crippen LogP contribution in [0.15, 0.2) is 34.4 Å². The maximum absolute atomic E-state index is 12.8. The second-order valence-corrected chi connectivity index (χ2v) is 6.89. The third kappa shape index (κ3) is 5.45. The number of amides is 1. The molecule has 0 saturated carbocycles. The lowest BCUT2D eigenvalue weighted by Gasteiger charge is -2.14. The van der Waals surface area contributed by atoms with Crippen molar-refractivity contribution in [3.05, 3.63) is 34.4 Å². The van der Waals surface area contributed by atoms with Gasteiger partial charge in [0.25, 0.3) is 11.6 Å². The van der Waals surface area contributed by atoms with Crippen molar-refractivity contribution in [1.29, 1.82) is 0 Å². The summed E-state index contributed by atoms with van der Waals surface area (Å²) in [5, 5.41) is 16.4. The first-order valence-corrected chi connectivity index (χ1v) is 9.60. The van der Waals surface area contributed by atoms with Crippen molar-refractivity contribution in [3.8, 4) is 0 Å². The number of carbonyl (C=O) groups excluding carboxylic acids is 1. The second kappa shape index (κ2) is 9.94. The first kappa shape index (κ1) is 20.7. The van der Waals surface area contributed by atoms with Crippen molar-refractivity contribution in [2.75, 3.05) is 11.6 Å². The van der Waals surface area contributed by atoms with E-state index in [-0.39, 0.29) is 11.6 Å². The normalized spacial score (nSPS) is 17.4. The van der Waals surface area contributed by atoms with Gasteiger partial charge in [0.2, 0.25) is 0 Å². The average Bonchev–Trinajstić information content (AvgIpc) is 2.95. The Labute approximate surface area is 160 Å². The summed E-state index contributed by atoms with van der Waals surface area (Å²) in [5.41, 5.74) is 1.98. The Hall–Kier alpha value is -2.57. The van der Waals surface area contributed by atoms with Crippen LogP contribution in [0.2, 0.25) is 0 Å². The van der Waals surface area contributed by atoms with Crippen LogP contribution in [0.25, 0.3) is 0 Å². The van der Waals surface area contributed by atoms with Crippen LogP contribution in [0.1, 0.15) is 59.3 Å². The fraction of sp³-hybridized carbons (Fsp3) is 0.550. The summed E-state index contributed by atoms with van der Waals surface area (Å²) < 4.78 is 0. The zero-order chi connectivity index (χ0) is 19.8. The molecule has 0 bridgehead atoms. The van der Waals surface area contributed by atoms with Crippen LogP contribution >= 0.6 is 0 Å². The van der Waals surface area contributed by atoms with Gasteiger partial charge in [-0.05, 0) is 32.4 Å². The molecule has 27 heavy (non-hydrogen) atoms. The van der Waals surface area contributed by atoms with E-state index in [0.717, 1.165) is 25.1 Å². The Morgan fingerprint density at radius 2 is 1.81 bits per heavy atom. The molecule has 7 heteroatoms. The molecule has 0 N–H and O–H groups in total. The minimum Gasteiger partial charge on any atom is -0.293 e. The van der Waals surface area contributed by atoms with Gasteiger partial charge < -0.3 is 0 Å². The fourth-order valence-electron chi connectivity index (χ4n) is 3.19. The van der Waals surface area contributed by atoms with E-state index in [1.807, 2.05) is 13.8 Å². The summed E-state index contributed by atoms with van der Waals surface area (Å²) in [7, 11) is 0. The van der Waals surface area contributed by atoms with E-state index in [4.69, 9.17) is 0 Å². The van der Waals surface area contributed by atoms with E-state index in [2.05, 4.69) is 17.0 Å². The molecule has 7 nitrogen and oxygen atoms in total. The summed E-state index contributed by atoms with van der Waals surface area (Å²) in [4.78, 5) is 27.7. The number of nitro benzene ring substituents is 1. The van der Waals surface area contributed by atoms with Gasteiger partial charge in [0, 0.05) is 24.4 Å². The van der Waals surface area contributed by atoms with E-state index in [9.17, 15) is 14.9 Å². The molecule has 2 rings (SSSR count). The number of unbranched alkanes of at least 4 members (excludes halogenated alkanes) is 5. The van der Waals surface area contributed by atoms with Crippen LogP contribution < -0.4 is 5.01 Å². The third-order valence-electron chi connectivity index (χ3n) is 4.73. The Kier molecular flexibility index (Phi) is 7.64. The Balaban J connectivity index is 1.95. The van der Waals surface area contributed by atoms with Crippen LogP contribution in [0, 0.1) is 16.0 Å². The number of benzene rings is 1. The molecule has 0 aromatic heterocycles. The van der Waals surface area contributed by atoms with Crippen LogP contribution in [0.4, 0.5) is 11.4 Å². The number of rotatable bonds is 10. The highest BCUT2D eigenvalue weighted by Gasteiger charge is 2.36. The van der Waals surface area contributed by atoms with Crippen molar-refractivity contribution in [2.24, 2.45) is 16.0 Å². The number of nitro groups is 1. The maximum atomic E-state index is 12.8. The molecule has 1 aromatic carbocycles. The molecule has 1 atom stereocenters. The molecule has 1 aliphatic rings. The first-order chi connectivity index (χ1) is 13.0. The standard InChI is InChI=1S/C20H28N4O3/c1-4-5-6-7-8-9-14-21-15(2)19-16(3)22-23(20(19)25)17-10-12-18(13-11-17)24(26)27/h10-13,19H,4-9,14H2,1-3H3. The van der Waals surface area contributed by atoms with E-state index in [1.54, 1.807) is 0 Å². The number of aliphatic imine (C=N–C) groups is 1. The molecule has 0 spiro atoms. The lowest BCUT2D eigenvalue weighted by molar-refractivity contribution is -0.384. The average molecular weight is 372 g/mol. The van der Waals surface area contributed by atoms with E-state index in [0.29, 0.717) is 11.4 Å². The van der Waals surface area contributed by atoms with E-state index >= 15 is 0 Å². The SMILES string of the molecule is CCCCCCCCN=C(C)C1C(=O)N(c2ccc([N+](=O)[O-])cc2)N=C1C. The van der Waals surface area contributed by atoms with Gasteiger partial charge in [-0.25, -0.2) is 0 Å². The van der Waals surface area contributed by atoms with E-state index < -0.39 is 10.8 Å². The summed E-state index contributed by atoms with van der Waals surface area (Å²) >= 11 is 0. The van der Waals surface area contributed by atoms with Crippen molar-refractivity contribution >= 4 is 28.7 Å². The molecule has 1 heterocycles. The Morgan fingerprint density at radius 1 is 1.19 bits per heavy atom. The predicted octanol–water partition coefficient (Wildman–Crippen LogP) is 4.75. The fourth-order valence-corrected chi connectivity index (χ4v) is 3.19. The number of hydrogen-bond donors (Lipinski definition) is 0. The zero-order valence-electron chi connectivity index (χ0n) is 16.4. The molecule has 0 radical (unpaired) electrons. The number of hydrogen-bond acceptors (Lipinski definition) is 5. The highest BCUT2D eigenvalue weighted by atomic mass is 16.6. The lowest BCUT2D eigenvalue weighted by Crippen LogP contribution is -2.31. The molecule has 1 unspecified atom stereocenters. The Bertz CT molecular complexity index is 725. The van der Waals surface area contributed by atoms with Gasteiger partial charge in [0.1, 0.15) is 5.92 Å². The lowest BCUT2D eigenvalue weighted by atomic mass is 9.99. The summed E-state index contributed by atoms with van der Waals surface area (Å²) in [5.74, 6) is -0.606. The molecule has 0 fully saturated rings. The van der Waals surface area contributed by atoms with Crippen LogP contribution in [-0.4, -0.2) is 28.8 Å². The number of anilines is 1. The Morgan fingerprint density at radius 3 is 2.44 bits per heavy atom. The summed E-state index contributed by atoms with van der Waals surface area (Å²) in [6.07, 6.45) is 7.23. The predicted molar refractivity (Wildman–Crippen MR) is 109 cm³/mol. The number of hydrazone groups is 1. The highest BCUT2D eigenvalue weighted by molar-refractivity contribution is 6.27. The first-order valence-electron chi connectivity index (χ1n) is 9.60. The van der Waals surface area contributed by atoms with Crippen LogP contribution in [-0.2, 0) is 4.79 Å². The molecule has 1 amide bonds. The maximum Gasteiger partial charge on any atom is 0.269 e. The van der Waals surface area contributed by atoms with Crippen LogP contribution in [0.5, 0.6) is 0 Å².